The van der Waals surface area contributed by atoms with Crippen molar-refractivity contribution in [1.82, 2.24) is 10.2 Å². The number of urea groups is 1. The van der Waals surface area contributed by atoms with Crippen LogP contribution >= 0.6 is 0 Å². The molecule has 3 nitrogen and oxygen atoms in total. The first-order chi connectivity index (χ1) is 7.42. The van der Waals surface area contributed by atoms with Gasteiger partial charge >= 0.3 is 6.03 Å². The van der Waals surface area contributed by atoms with Crippen molar-refractivity contribution in [3.05, 3.63) is 0 Å². The summed E-state index contributed by atoms with van der Waals surface area (Å²) in [6, 6.07) is 0.101. The third kappa shape index (κ3) is 4.42. The van der Waals surface area contributed by atoms with Crippen molar-refractivity contribution in [2.75, 3.05) is 13.1 Å². The van der Waals surface area contributed by atoms with E-state index in [4.69, 9.17) is 0 Å². The molecule has 0 saturated carbocycles. The predicted octanol–water partition coefficient (Wildman–Crippen LogP) is 3.01. The fourth-order valence-electron chi connectivity index (χ4n) is 2.18. The molecule has 0 spiro atoms. The van der Waals surface area contributed by atoms with E-state index in [1.807, 2.05) is 25.7 Å². The second-order valence-electron chi connectivity index (χ2n) is 5.87. The number of carbonyl (C=O) groups is 1. The number of likely N-dealkylation sites (tertiary alicyclic amines) is 1. The largest absolute Gasteiger partial charge is 0.333 e. The molecule has 0 aromatic heterocycles. The van der Waals surface area contributed by atoms with Crippen LogP contribution in [0.2, 0.25) is 0 Å². The summed E-state index contributed by atoms with van der Waals surface area (Å²) in [5, 5.41) is 3.04. The molecule has 1 saturated heterocycles. The van der Waals surface area contributed by atoms with Gasteiger partial charge in [0, 0.05) is 18.6 Å². The molecule has 0 aromatic carbocycles. The van der Waals surface area contributed by atoms with Crippen molar-refractivity contribution >= 4 is 6.03 Å². The van der Waals surface area contributed by atoms with Crippen molar-refractivity contribution in [3.63, 3.8) is 0 Å². The van der Waals surface area contributed by atoms with Gasteiger partial charge in [-0.15, -0.1) is 0 Å². The molecule has 1 heterocycles. The molecule has 1 N–H and O–H groups in total. The van der Waals surface area contributed by atoms with Gasteiger partial charge in [-0.2, -0.15) is 0 Å². The first kappa shape index (κ1) is 13.3. The molecule has 1 unspecified atom stereocenters. The molecule has 1 aliphatic heterocycles. The molecule has 2 amide bonds. The molecular formula is C13H26N2O. The standard InChI is InChI=1S/C13H26N2O/c1-5-11-7-6-9-15(10-8-11)12(16)14-13(2,3)4/h11H,5-10H2,1-4H3,(H,14,16). The smallest absolute Gasteiger partial charge is 0.317 e. The Bertz CT molecular complexity index is 233. The molecule has 0 radical (unpaired) electrons. The van der Waals surface area contributed by atoms with Gasteiger partial charge in [-0.3, -0.25) is 0 Å². The lowest BCUT2D eigenvalue weighted by atomic mass is 9.98. The first-order valence-electron chi connectivity index (χ1n) is 6.49. The molecule has 16 heavy (non-hydrogen) atoms. The zero-order chi connectivity index (χ0) is 12.2. The van der Waals surface area contributed by atoms with Crippen molar-refractivity contribution in [1.29, 1.82) is 0 Å². The summed E-state index contributed by atoms with van der Waals surface area (Å²) in [4.78, 5) is 13.9. The summed E-state index contributed by atoms with van der Waals surface area (Å²) >= 11 is 0. The Morgan fingerprint density at radius 3 is 2.56 bits per heavy atom. The fraction of sp³-hybridized carbons (Fsp3) is 0.923. The van der Waals surface area contributed by atoms with Gasteiger partial charge in [-0.25, -0.2) is 4.79 Å². The van der Waals surface area contributed by atoms with E-state index in [9.17, 15) is 4.79 Å². The summed E-state index contributed by atoms with van der Waals surface area (Å²) in [6.45, 7) is 10.2. The van der Waals surface area contributed by atoms with Crippen LogP contribution in [0.25, 0.3) is 0 Å². The van der Waals surface area contributed by atoms with Crippen LogP contribution < -0.4 is 5.32 Å². The maximum absolute atomic E-state index is 12.0. The Hall–Kier alpha value is -0.730. The highest BCUT2D eigenvalue weighted by Crippen LogP contribution is 2.20. The molecule has 0 aromatic rings. The topological polar surface area (TPSA) is 32.3 Å². The van der Waals surface area contributed by atoms with Crippen LogP contribution in [0, 0.1) is 5.92 Å². The van der Waals surface area contributed by atoms with E-state index in [-0.39, 0.29) is 11.6 Å². The number of nitrogens with one attached hydrogen (secondary N) is 1. The minimum absolute atomic E-state index is 0.101. The highest BCUT2D eigenvalue weighted by atomic mass is 16.2. The van der Waals surface area contributed by atoms with Gasteiger partial charge in [0.15, 0.2) is 0 Å². The summed E-state index contributed by atoms with van der Waals surface area (Å²) in [5.41, 5.74) is -0.131. The number of hydrogen-bond donors (Lipinski definition) is 1. The average Bonchev–Trinajstić information content (AvgIpc) is 2.39. The van der Waals surface area contributed by atoms with Crippen LogP contribution in [0.5, 0.6) is 0 Å². The lowest BCUT2D eigenvalue weighted by Gasteiger charge is -2.27. The van der Waals surface area contributed by atoms with Crippen molar-refractivity contribution < 1.29 is 4.79 Å². The first-order valence-corrected chi connectivity index (χ1v) is 6.49. The van der Waals surface area contributed by atoms with Crippen LogP contribution in [0.15, 0.2) is 0 Å². The van der Waals surface area contributed by atoms with Crippen LogP contribution in [0.3, 0.4) is 0 Å². The average molecular weight is 226 g/mol. The Kier molecular flexibility index (Phi) is 4.63. The molecule has 0 bridgehead atoms. The molecule has 1 aliphatic rings. The summed E-state index contributed by atoms with van der Waals surface area (Å²) in [5.74, 6) is 0.812. The third-order valence-corrected chi connectivity index (χ3v) is 3.19. The predicted molar refractivity (Wildman–Crippen MR) is 67.5 cm³/mol. The normalized spacial score (nSPS) is 22.8. The number of rotatable bonds is 1. The van der Waals surface area contributed by atoms with Crippen LogP contribution in [-0.2, 0) is 0 Å². The second kappa shape index (κ2) is 5.55. The highest BCUT2D eigenvalue weighted by molar-refractivity contribution is 5.74. The number of nitrogens with zero attached hydrogens (tertiary/aromatic N) is 1. The van der Waals surface area contributed by atoms with Crippen LogP contribution in [0.1, 0.15) is 53.4 Å². The molecule has 94 valence electrons. The SMILES string of the molecule is CCC1CCCN(C(=O)NC(C)(C)C)CC1. The van der Waals surface area contributed by atoms with Crippen molar-refractivity contribution in [2.24, 2.45) is 5.92 Å². The van der Waals surface area contributed by atoms with Crippen molar-refractivity contribution in [3.8, 4) is 0 Å². The molecule has 1 atom stereocenters. The van der Waals surface area contributed by atoms with E-state index in [0.29, 0.717) is 0 Å². The van der Waals surface area contributed by atoms with E-state index in [1.54, 1.807) is 0 Å². The van der Waals surface area contributed by atoms with Gasteiger partial charge in [0.1, 0.15) is 0 Å². The van der Waals surface area contributed by atoms with Gasteiger partial charge in [0.25, 0.3) is 0 Å². The van der Waals surface area contributed by atoms with E-state index >= 15 is 0 Å². The number of amides is 2. The Labute approximate surface area is 99.6 Å². The van der Waals surface area contributed by atoms with E-state index in [2.05, 4.69) is 12.2 Å². The zero-order valence-corrected chi connectivity index (χ0v) is 11.2. The van der Waals surface area contributed by atoms with Gasteiger partial charge in [-0.1, -0.05) is 13.3 Å². The molecule has 1 fully saturated rings. The lowest BCUT2D eigenvalue weighted by molar-refractivity contribution is 0.190. The minimum Gasteiger partial charge on any atom is -0.333 e. The maximum atomic E-state index is 12.0. The maximum Gasteiger partial charge on any atom is 0.317 e. The Morgan fingerprint density at radius 2 is 2.00 bits per heavy atom. The molecular weight excluding hydrogens is 200 g/mol. The van der Waals surface area contributed by atoms with Crippen LogP contribution in [0.4, 0.5) is 4.79 Å². The van der Waals surface area contributed by atoms with Gasteiger partial charge in [-0.05, 0) is 46.0 Å². The van der Waals surface area contributed by atoms with E-state index < -0.39 is 0 Å². The Morgan fingerprint density at radius 1 is 1.31 bits per heavy atom. The number of hydrogen-bond acceptors (Lipinski definition) is 1. The highest BCUT2D eigenvalue weighted by Gasteiger charge is 2.22. The Balaban J connectivity index is 2.45. The molecule has 1 rings (SSSR count). The minimum atomic E-state index is -0.131. The fourth-order valence-corrected chi connectivity index (χ4v) is 2.18. The molecule has 0 aliphatic carbocycles. The van der Waals surface area contributed by atoms with E-state index in [0.717, 1.165) is 31.8 Å². The summed E-state index contributed by atoms with van der Waals surface area (Å²) in [6.07, 6.45) is 4.83. The lowest BCUT2D eigenvalue weighted by Crippen LogP contribution is -2.48. The van der Waals surface area contributed by atoms with Gasteiger partial charge in [0.05, 0.1) is 0 Å². The zero-order valence-electron chi connectivity index (χ0n) is 11.2. The van der Waals surface area contributed by atoms with Crippen LogP contribution in [-0.4, -0.2) is 29.6 Å². The number of carbonyl (C=O) groups excluding carboxylic acids is 1. The van der Waals surface area contributed by atoms with E-state index in [1.165, 1.54) is 12.8 Å². The molecule has 3 heteroatoms. The third-order valence-electron chi connectivity index (χ3n) is 3.19. The van der Waals surface area contributed by atoms with Crippen molar-refractivity contribution in [2.45, 2.75) is 58.9 Å². The summed E-state index contributed by atoms with van der Waals surface area (Å²) < 4.78 is 0. The van der Waals surface area contributed by atoms with Gasteiger partial charge < -0.3 is 10.2 Å². The monoisotopic (exact) mass is 226 g/mol. The van der Waals surface area contributed by atoms with Gasteiger partial charge in [0.2, 0.25) is 0 Å². The second-order valence-corrected chi connectivity index (χ2v) is 5.87. The summed E-state index contributed by atoms with van der Waals surface area (Å²) in [7, 11) is 0. The quantitative estimate of drug-likeness (QED) is 0.732.